The van der Waals surface area contributed by atoms with Crippen LogP contribution in [0, 0.1) is 5.82 Å². The van der Waals surface area contributed by atoms with Gasteiger partial charge in [-0.25, -0.2) is 4.39 Å². The number of anilines is 2. The lowest BCUT2D eigenvalue weighted by Crippen LogP contribution is -2.40. The van der Waals surface area contributed by atoms with Crippen molar-refractivity contribution in [2.75, 3.05) is 44.4 Å². The van der Waals surface area contributed by atoms with Gasteiger partial charge >= 0.3 is 0 Å². The molecular weight excluding hydrogens is 323 g/mol. The fourth-order valence-electron chi connectivity index (χ4n) is 2.85. The molecule has 1 aliphatic rings. The Bertz CT molecular complexity index is 724. The van der Waals surface area contributed by atoms with Crippen LogP contribution in [0.4, 0.5) is 16.3 Å². The van der Waals surface area contributed by atoms with Crippen molar-refractivity contribution < 1.29 is 9.13 Å². The Labute approximate surface area is 146 Å². The molecule has 2 N–H and O–H groups in total. The van der Waals surface area contributed by atoms with Gasteiger partial charge in [0.2, 0.25) is 11.9 Å². The summed E-state index contributed by atoms with van der Waals surface area (Å²) in [5.74, 6) is 1.14. The first-order chi connectivity index (χ1) is 11.9. The topological polar surface area (TPSA) is 80.4 Å². The maximum Gasteiger partial charge on any atom is 0.229 e. The summed E-state index contributed by atoms with van der Waals surface area (Å²) in [5.41, 5.74) is 6.79. The highest BCUT2D eigenvalue weighted by molar-refractivity contribution is 5.33. The van der Waals surface area contributed by atoms with E-state index in [1.165, 1.54) is 12.1 Å². The van der Waals surface area contributed by atoms with Crippen molar-refractivity contribution in [1.82, 2.24) is 19.9 Å². The summed E-state index contributed by atoms with van der Waals surface area (Å²) in [4.78, 5) is 17.0. The molecule has 0 spiro atoms. The fraction of sp³-hybridized carbons (Fsp3) is 0.471. The molecule has 2 atom stereocenters. The van der Waals surface area contributed by atoms with Gasteiger partial charge in [-0.1, -0.05) is 12.1 Å². The maximum atomic E-state index is 13.1. The third kappa shape index (κ3) is 4.02. The standard InChI is InChI=1S/C17H23FN6O/c1-11(15-20-16(19)22-17(21-15)23(2)3)24-8-9-25-14(10-24)12-4-6-13(18)7-5-12/h4-7,11,14H,8-10H2,1-3H3,(H2,19,20,21,22)/t11-,14+/m1/s1. The first-order valence-electron chi connectivity index (χ1n) is 8.24. The number of rotatable bonds is 4. The highest BCUT2D eigenvalue weighted by Crippen LogP contribution is 2.28. The molecule has 134 valence electrons. The van der Waals surface area contributed by atoms with Gasteiger partial charge in [0.15, 0.2) is 5.82 Å². The average molecular weight is 346 g/mol. The highest BCUT2D eigenvalue weighted by Gasteiger charge is 2.28. The van der Waals surface area contributed by atoms with E-state index in [1.807, 2.05) is 21.0 Å². The van der Waals surface area contributed by atoms with E-state index < -0.39 is 0 Å². The van der Waals surface area contributed by atoms with E-state index in [9.17, 15) is 4.39 Å². The van der Waals surface area contributed by atoms with Gasteiger partial charge in [0.1, 0.15) is 5.82 Å². The van der Waals surface area contributed by atoms with Gasteiger partial charge in [0.05, 0.1) is 18.8 Å². The van der Waals surface area contributed by atoms with Crippen LogP contribution in [0.3, 0.4) is 0 Å². The second kappa shape index (κ2) is 7.28. The quantitative estimate of drug-likeness (QED) is 0.904. The molecule has 0 bridgehead atoms. The van der Waals surface area contributed by atoms with Gasteiger partial charge < -0.3 is 15.4 Å². The summed E-state index contributed by atoms with van der Waals surface area (Å²) in [6.07, 6.45) is -0.107. The van der Waals surface area contributed by atoms with Crippen LogP contribution < -0.4 is 10.6 Å². The summed E-state index contributed by atoms with van der Waals surface area (Å²) in [7, 11) is 3.73. The lowest BCUT2D eigenvalue weighted by molar-refractivity contribution is -0.0442. The van der Waals surface area contributed by atoms with Crippen LogP contribution in [0.25, 0.3) is 0 Å². The van der Waals surface area contributed by atoms with Crippen LogP contribution in [0.5, 0.6) is 0 Å². The van der Waals surface area contributed by atoms with Crippen LogP contribution in [-0.2, 0) is 4.74 Å². The Morgan fingerprint density at radius 1 is 1.24 bits per heavy atom. The molecule has 1 saturated heterocycles. The van der Waals surface area contributed by atoms with Crippen LogP contribution in [-0.4, -0.2) is 53.6 Å². The molecule has 2 heterocycles. The van der Waals surface area contributed by atoms with Crippen LogP contribution in [0.1, 0.15) is 30.5 Å². The molecule has 1 aromatic carbocycles. The molecule has 25 heavy (non-hydrogen) atoms. The Hall–Kier alpha value is -2.32. The first kappa shape index (κ1) is 17.5. The van der Waals surface area contributed by atoms with Crippen molar-refractivity contribution >= 4 is 11.9 Å². The van der Waals surface area contributed by atoms with Gasteiger partial charge in [0, 0.05) is 27.2 Å². The van der Waals surface area contributed by atoms with E-state index in [0.717, 1.165) is 12.1 Å². The Balaban J connectivity index is 1.78. The summed E-state index contributed by atoms with van der Waals surface area (Å²) >= 11 is 0. The van der Waals surface area contributed by atoms with Crippen LogP contribution in [0.15, 0.2) is 24.3 Å². The fourth-order valence-corrected chi connectivity index (χ4v) is 2.85. The van der Waals surface area contributed by atoms with Crippen molar-refractivity contribution in [3.05, 3.63) is 41.5 Å². The van der Waals surface area contributed by atoms with Crippen LogP contribution >= 0.6 is 0 Å². The van der Waals surface area contributed by atoms with Crippen molar-refractivity contribution in [3.8, 4) is 0 Å². The lowest BCUT2D eigenvalue weighted by atomic mass is 10.1. The number of aromatic nitrogens is 3. The number of ether oxygens (including phenoxy) is 1. The number of nitrogens with zero attached hydrogens (tertiary/aromatic N) is 5. The molecule has 0 amide bonds. The van der Waals surface area contributed by atoms with Crippen molar-refractivity contribution in [1.29, 1.82) is 0 Å². The van der Waals surface area contributed by atoms with Gasteiger partial charge in [-0.2, -0.15) is 15.0 Å². The van der Waals surface area contributed by atoms with E-state index in [1.54, 1.807) is 17.0 Å². The second-order valence-corrected chi connectivity index (χ2v) is 6.33. The molecule has 1 aromatic heterocycles. The van der Waals surface area contributed by atoms with E-state index in [2.05, 4.69) is 19.9 Å². The predicted octanol–water partition coefficient (Wildman–Crippen LogP) is 1.79. The third-order valence-electron chi connectivity index (χ3n) is 4.32. The Morgan fingerprint density at radius 2 is 1.96 bits per heavy atom. The van der Waals surface area contributed by atoms with E-state index in [0.29, 0.717) is 24.9 Å². The molecule has 1 aliphatic heterocycles. The number of hydrogen-bond donors (Lipinski definition) is 1. The predicted molar refractivity (Wildman–Crippen MR) is 93.6 cm³/mol. The number of halogens is 1. The molecule has 0 radical (unpaired) electrons. The monoisotopic (exact) mass is 346 g/mol. The Kier molecular flexibility index (Phi) is 5.10. The maximum absolute atomic E-state index is 13.1. The minimum atomic E-state index is -0.248. The summed E-state index contributed by atoms with van der Waals surface area (Å²) < 4.78 is 19.0. The SMILES string of the molecule is C[C@H](c1nc(N)nc(N(C)C)n1)N1CCO[C@H](c2ccc(F)cc2)C1. The zero-order valence-corrected chi connectivity index (χ0v) is 14.7. The molecule has 0 saturated carbocycles. The zero-order chi connectivity index (χ0) is 18.0. The minimum absolute atomic E-state index is 0.0316. The number of morpholine rings is 1. The molecule has 7 nitrogen and oxygen atoms in total. The van der Waals surface area contributed by atoms with Gasteiger partial charge in [0.25, 0.3) is 0 Å². The molecule has 1 fully saturated rings. The molecule has 8 heteroatoms. The smallest absolute Gasteiger partial charge is 0.229 e. The minimum Gasteiger partial charge on any atom is -0.371 e. The Morgan fingerprint density at radius 3 is 2.64 bits per heavy atom. The molecule has 2 aromatic rings. The number of hydrogen-bond acceptors (Lipinski definition) is 7. The molecular formula is C17H23FN6O. The third-order valence-corrected chi connectivity index (χ3v) is 4.32. The normalized spacial score (nSPS) is 19.6. The van der Waals surface area contributed by atoms with Gasteiger partial charge in [-0.15, -0.1) is 0 Å². The summed E-state index contributed by atoms with van der Waals surface area (Å²) in [6.45, 7) is 4.08. The first-order valence-corrected chi connectivity index (χ1v) is 8.24. The number of nitrogens with two attached hydrogens (primary N) is 1. The summed E-state index contributed by atoms with van der Waals surface area (Å²) in [6, 6.07) is 6.41. The molecule has 3 rings (SSSR count). The lowest BCUT2D eigenvalue weighted by Gasteiger charge is -2.36. The molecule has 0 aliphatic carbocycles. The summed E-state index contributed by atoms with van der Waals surface area (Å²) in [5, 5.41) is 0. The van der Waals surface area contributed by atoms with E-state index in [-0.39, 0.29) is 23.9 Å². The largest absolute Gasteiger partial charge is 0.371 e. The van der Waals surface area contributed by atoms with Crippen molar-refractivity contribution in [2.24, 2.45) is 0 Å². The highest BCUT2D eigenvalue weighted by atomic mass is 19.1. The number of benzene rings is 1. The second-order valence-electron chi connectivity index (χ2n) is 6.33. The van der Waals surface area contributed by atoms with E-state index >= 15 is 0 Å². The van der Waals surface area contributed by atoms with Gasteiger partial charge in [-0.3, -0.25) is 4.90 Å². The van der Waals surface area contributed by atoms with Crippen molar-refractivity contribution in [3.63, 3.8) is 0 Å². The number of nitrogen functional groups attached to an aromatic ring is 1. The van der Waals surface area contributed by atoms with Crippen molar-refractivity contribution in [2.45, 2.75) is 19.1 Å². The zero-order valence-electron chi connectivity index (χ0n) is 14.7. The molecule has 0 unspecified atom stereocenters. The van der Waals surface area contributed by atoms with Crippen LogP contribution in [0.2, 0.25) is 0 Å². The van der Waals surface area contributed by atoms with Gasteiger partial charge in [-0.05, 0) is 24.6 Å². The average Bonchev–Trinajstić information content (AvgIpc) is 2.61. The van der Waals surface area contributed by atoms with E-state index in [4.69, 9.17) is 10.5 Å².